The van der Waals surface area contributed by atoms with Crippen LogP contribution in [0.1, 0.15) is 51.2 Å². The van der Waals surface area contributed by atoms with E-state index in [1.54, 1.807) is 25.3 Å². The molecule has 0 saturated carbocycles. The van der Waals surface area contributed by atoms with Crippen molar-refractivity contribution in [3.8, 4) is 5.75 Å². The quantitative estimate of drug-likeness (QED) is 0.329. The molecule has 1 aliphatic rings. The normalized spacial score (nSPS) is 15.2. The van der Waals surface area contributed by atoms with Crippen molar-refractivity contribution in [3.05, 3.63) is 75.9 Å². The zero-order valence-electron chi connectivity index (χ0n) is 18.9. The van der Waals surface area contributed by atoms with Crippen molar-refractivity contribution in [2.75, 3.05) is 13.7 Å². The number of thiophene rings is 1. The average molecular weight is 481 g/mol. The van der Waals surface area contributed by atoms with E-state index in [0.29, 0.717) is 22.8 Å². The molecule has 1 atom stereocenters. The van der Waals surface area contributed by atoms with E-state index >= 15 is 0 Å². The van der Waals surface area contributed by atoms with Gasteiger partial charge in [-0.2, -0.15) is 5.10 Å². The lowest BCUT2D eigenvalue weighted by Gasteiger charge is -2.19. The molecule has 1 aromatic carbocycles. The second-order valence-corrected chi connectivity index (χ2v) is 9.03. The number of amides is 1. The third-order valence-corrected chi connectivity index (χ3v) is 6.43. The molecule has 1 unspecified atom stereocenters. The van der Waals surface area contributed by atoms with E-state index in [9.17, 15) is 14.4 Å². The van der Waals surface area contributed by atoms with Crippen molar-refractivity contribution >= 4 is 34.7 Å². The van der Waals surface area contributed by atoms with Crippen LogP contribution in [0.25, 0.3) is 0 Å². The van der Waals surface area contributed by atoms with Crippen molar-refractivity contribution in [3.63, 3.8) is 0 Å². The minimum atomic E-state index is -0.608. The fourth-order valence-electron chi connectivity index (χ4n) is 3.60. The van der Waals surface area contributed by atoms with Gasteiger partial charge >= 0.3 is 5.97 Å². The molecular formula is C25H24N2O6S. The number of ether oxygens (including phenoxy) is 2. The number of rotatable bonds is 9. The molecule has 9 heteroatoms. The maximum absolute atomic E-state index is 12.9. The summed E-state index contributed by atoms with van der Waals surface area (Å²) in [6.45, 7) is 1.44. The molecule has 2 aromatic heterocycles. The Morgan fingerprint density at radius 2 is 1.91 bits per heavy atom. The first-order chi connectivity index (χ1) is 16.4. The van der Waals surface area contributed by atoms with Gasteiger partial charge in [0.05, 0.1) is 30.4 Å². The van der Waals surface area contributed by atoms with E-state index in [1.807, 2.05) is 37.3 Å². The molecule has 8 nitrogen and oxygen atoms in total. The van der Waals surface area contributed by atoms with Gasteiger partial charge in [-0.15, -0.1) is 11.3 Å². The highest BCUT2D eigenvalue weighted by molar-refractivity contribution is 7.14. The second-order valence-electron chi connectivity index (χ2n) is 7.74. The summed E-state index contributed by atoms with van der Waals surface area (Å²) in [5, 5.41) is 5.80. The number of hydrogen-bond donors (Lipinski definition) is 0. The van der Waals surface area contributed by atoms with Gasteiger partial charge < -0.3 is 13.9 Å². The topological polar surface area (TPSA) is 98.4 Å². The number of ketones is 1. The zero-order valence-corrected chi connectivity index (χ0v) is 19.7. The molecule has 0 fully saturated rings. The molecule has 4 rings (SSSR count). The highest BCUT2D eigenvalue weighted by atomic mass is 32.1. The van der Waals surface area contributed by atoms with Crippen LogP contribution < -0.4 is 4.74 Å². The number of hydrogen-bond acceptors (Lipinski definition) is 8. The van der Waals surface area contributed by atoms with Gasteiger partial charge in [-0.3, -0.25) is 14.4 Å². The summed E-state index contributed by atoms with van der Waals surface area (Å²) in [5.74, 6) is 0.107. The number of carbonyl (C=O) groups is 3. The highest BCUT2D eigenvalue weighted by Crippen LogP contribution is 2.33. The molecule has 0 saturated heterocycles. The van der Waals surface area contributed by atoms with E-state index in [2.05, 4.69) is 5.10 Å². The largest absolute Gasteiger partial charge is 0.497 e. The van der Waals surface area contributed by atoms with Crippen molar-refractivity contribution in [1.82, 2.24) is 5.01 Å². The molecule has 1 amide bonds. The summed E-state index contributed by atoms with van der Waals surface area (Å²) in [5.41, 5.74) is 1.56. The molecule has 0 bridgehead atoms. The number of carbonyl (C=O) groups excluding carboxylic acids is 3. The number of Topliss-reactive ketones (excluding diaryl/α,β-unsaturated/α-hetero) is 1. The maximum Gasteiger partial charge on any atom is 0.306 e. The summed E-state index contributed by atoms with van der Waals surface area (Å²) < 4.78 is 15.9. The predicted molar refractivity (Wildman–Crippen MR) is 126 cm³/mol. The number of esters is 1. The van der Waals surface area contributed by atoms with Crippen LogP contribution >= 0.6 is 11.3 Å². The van der Waals surface area contributed by atoms with Crippen LogP contribution in [0.2, 0.25) is 0 Å². The first kappa shape index (κ1) is 23.4. The Morgan fingerprint density at radius 3 is 2.56 bits per heavy atom. The van der Waals surface area contributed by atoms with Gasteiger partial charge in [-0.05, 0) is 61.0 Å². The molecule has 3 heterocycles. The standard InChI is InChI=1S/C25H24N2O6S/c1-16-5-11-23(34-16)21(28)10-12-25(30)33-15-24(29)27-20(22-4-3-13-32-22)14-19(26-27)17-6-8-18(31-2)9-7-17/h3-9,11,13,20H,10,12,14-15H2,1-2H3. The monoisotopic (exact) mass is 480 g/mol. The molecule has 34 heavy (non-hydrogen) atoms. The second kappa shape index (κ2) is 10.5. The lowest BCUT2D eigenvalue weighted by atomic mass is 10.0. The summed E-state index contributed by atoms with van der Waals surface area (Å²) >= 11 is 1.39. The SMILES string of the molecule is COc1ccc(C2=NN(C(=O)COC(=O)CCC(=O)c3ccc(C)s3)C(c3ccco3)C2)cc1. The van der Waals surface area contributed by atoms with Gasteiger partial charge in [0.1, 0.15) is 17.6 Å². The van der Waals surface area contributed by atoms with E-state index in [-0.39, 0.29) is 18.6 Å². The van der Waals surface area contributed by atoms with Crippen LogP contribution in [0, 0.1) is 6.92 Å². The van der Waals surface area contributed by atoms with Crippen molar-refractivity contribution < 1.29 is 28.3 Å². The summed E-state index contributed by atoms with van der Waals surface area (Å²) in [7, 11) is 1.59. The Hall–Kier alpha value is -3.72. The number of hydrazone groups is 1. The number of benzene rings is 1. The average Bonchev–Trinajstić information content (AvgIpc) is 3.61. The van der Waals surface area contributed by atoms with Crippen molar-refractivity contribution in [1.29, 1.82) is 0 Å². The molecular weight excluding hydrogens is 456 g/mol. The predicted octanol–water partition coefficient (Wildman–Crippen LogP) is 4.54. The minimum absolute atomic E-state index is 0.0332. The van der Waals surface area contributed by atoms with Gasteiger partial charge in [0.25, 0.3) is 5.91 Å². The van der Waals surface area contributed by atoms with Crippen molar-refractivity contribution in [2.45, 2.75) is 32.2 Å². The Balaban J connectivity index is 1.38. The fourth-order valence-corrected chi connectivity index (χ4v) is 4.44. The van der Waals surface area contributed by atoms with Crippen LogP contribution in [-0.2, 0) is 14.3 Å². The lowest BCUT2D eigenvalue weighted by Crippen LogP contribution is -2.31. The van der Waals surface area contributed by atoms with E-state index in [1.165, 1.54) is 22.6 Å². The molecule has 0 spiro atoms. The Bertz CT molecular complexity index is 1200. The van der Waals surface area contributed by atoms with Gasteiger partial charge in [-0.25, -0.2) is 5.01 Å². The Kier molecular flexibility index (Phi) is 7.22. The van der Waals surface area contributed by atoms with Crippen molar-refractivity contribution in [2.24, 2.45) is 5.10 Å². The van der Waals surface area contributed by atoms with E-state index < -0.39 is 24.5 Å². The number of aryl methyl sites for hydroxylation is 1. The molecule has 3 aromatic rings. The fraction of sp³-hybridized carbons (Fsp3) is 0.280. The number of methoxy groups -OCH3 is 1. The van der Waals surface area contributed by atoms with E-state index in [0.717, 1.165) is 16.2 Å². The van der Waals surface area contributed by atoms with Gasteiger partial charge in [0, 0.05) is 17.7 Å². The van der Waals surface area contributed by atoms with E-state index in [4.69, 9.17) is 13.9 Å². The molecule has 176 valence electrons. The van der Waals surface area contributed by atoms with Gasteiger partial charge in [-0.1, -0.05) is 0 Å². The number of nitrogens with zero attached hydrogens (tertiary/aromatic N) is 2. The number of furan rings is 1. The zero-order chi connectivity index (χ0) is 24.1. The van der Waals surface area contributed by atoms with Crippen LogP contribution in [0.3, 0.4) is 0 Å². The smallest absolute Gasteiger partial charge is 0.306 e. The third-order valence-electron chi connectivity index (χ3n) is 5.39. The summed E-state index contributed by atoms with van der Waals surface area (Å²) in [6, 6.07) is 14.1. The molecule has 1 aliphatic heterocycles. The van der Waals surface area contributed by atoms with Gasteiger partial charge in [0.15, 0.2) is 12.4 Å². The molecule has 0 N–H and O–H groups in total. The summed E-state index contributed by atoms with van der Waals surface area (Å²) in [4.78, 5) is 38.9. The minimum Gasteiger partial charge on any atom is -0.497 e. The van der Waals surface area contributed by atoms with Gasteiger partial charge in [0.2, 0.25) is 0 Å². The molecule has 0 radical (unpaired) electrons. The highest BCUT2D eigenvalue weighted by Gasteiger charge is 2.35. The van der Waals surface area contributed by atoms with Crippen LogP contribution in [0.5, 0.6) is 5.75 Å². The van der Waals surface area contributed by atoms with Crippen LogP contribution in [0.4, 0.5) is 0 Å². The maximum atomic E-state index is 12.9. The third kappa shape index (κ3) is 5.43. The first-order valence-electron chi connectivity index (χ1n) is 10.8. The van der Waals surface area contributed by atoms with Crippen LogP contribution in [0.15, 0.2) is 64.3 Å². The molecule has 0 aliphatic carbocycles. The first-order valence-corrected chi connectivity index (χ1v) is 11.6. The van der Waals surface area contributed by atoms with Crippen LogP contribution in [-0.4, -0.2) is 42.1 Å². The summed E-state index contributed by atoms with van der Waals surface area (Å²) in [6.07, 6.45) is 1.93. The lowest BCUT2D eigenvalue weighted by molar-refractivity contribution is -0.152. The Labute approximate surface area is 200 Å². The Morgan fingerprint density at radius 1 is 1.12 bits per heavy atom.